The molecule has 2 rings (SSSR count). The summed E-state index contributed by atoms with van der Waals surface area (Å²) in [5.41, 5.74) is 0.254. The molecule has 0 aromatic heterocycles. The van der Waals surface area contributed by atoms with Gasteiger partial charge in [0.25, 0.3) is 0 Å². The molecule has 1 aliphatic rings. The summed E-state index contributed by atoms with van der Waals surface area (Å²) in [7, 11) is 0. The van der Waals surface area contributed by atoms with Crippen molar-refractivity contribution in [1.29, 1.82) is 0 Å². The summed E-state index contributed by atoms with van der Waals surface area (Å²) in [5.74, 6) is -0.308. The summed E-state index contributed by atoms with van der Waals surface area (Å²) in [6.07, 6.45) is -1.22. The molecule has 120 valence electrons. The van der Waals surface area contributed by atoms with Crippen LogP contribution in [-0.4, -0.2) is 24.2 Å². The van der Waals surface area contributed by atoms with E-state index in [0.29, 0.717) is 17.7 Å². The summed E-state index contributed by atoms with van der Waals surface area (Å²) in [5, 5.41) is 11.9. The van der Waals surface area contributed by atoms with Crippen molar-refractivity contribution >= 4 is 11.5 Å². The van der Waals surface area contributed by atoms with E-state index in [4.69, 9.17) is 5.11 Å². The monoisotopic (exact) mass is 313 g/mol. The lowest BCUT2D eigenvalue weighted by atomic mass is 10.0. The first-order valence-corrected chi connectivity index (χ1v) is 7.00. The molecule has 3 nitrogen and oxygen atoms in total. The third-order valence-corrected chi connectivity index (χ3v) is 3.95. The van der Waals surface area contributed by atoms with E-state index < -0.39 is 11.7 Å². The second kappa shape index (κ2) is 6.12. The van der Waals surface area contributed by atoms with Crippen LogP contribution < -0.4 is 5.32 Å². The number of carbonyl (C=O) groups is 1. The molecular weight excluding hydrogens is 295 g/mol. The lowest BCUT2D eigenvalue weighted by Crippen LogP contribution is -2.30. The number of halogens is 3. The second-order valence-corrected chi connectivity index (χ2v) is 5.78. The van der Waals surface area contributed by atoms with Gasteiger partial charge in [-0.15, -0.1) is 0 Å². The molecule has 0 saturated heterocycles. The number of nitrogens with one attached hydrogen (secondary N) is 1. The molecule has 0 unspecified atom stereocenters. The van der Waals surface area contributed by atoms with Crippen LogP contribution in [0.15, 0.2) is 30.3 Å². The fraction of sp³-hybridized carbons (Fsp3) is 0.438. The Morgan fingerprint density at radius 1 is 1.32 bits per heavy atom. The molecule has 0 aliphatic heterocycles. The minimum atomic E-state index is -4.36. The van der Waals surface area contributed by atoms with Crippen LogP contribution in [0.25, 0.3) is 5.57 Å². The third-order valence-electron chi connectivity index (χ3n) is 3.95. The molecule has 1 amide bonds. The molecule has 0 spiro atoms. The quantitative estimate of drug-likeness (QED) is 0.821. The number of hydrogen-bond acceptors (Lipinski definition) is 2. The highest BCUT2D eigenvalue weighted by molar-refractivity contribution is 5.94. The van der Waals surface area contributed by atoms with Crippen molar-refractivity contribution in [3.63, 3.8) is 0 Å². The SMILES string of the molecule is C/C(=C/C(=O)NCC1(CO)CC1)c1ccc(C(F)(F)F)cc1. The average molecular weight is 313 g/mol. The maximum absolute atomic E-state index is 12.5. The first-order chi connectivity index (χ1) is 10.3. The van der Waals surface area contributed by atoms with Crippen LogP contribution in [0.5, 0.6) is 0 Å². The van der Waals surface area contributed by atoms with Crippen molar-refractivity contribution in [2.24, 2.45) is 5.41 Å². The first kappa shape index (κ1) is 16.5. The van der Waals surface area contributed by atoms with Gasteiger partial charge < -0.3 is 10.4 Å². The number of aliphatic hydroxyl groups excluding tert-OH is 1. The number of alkyl halides is 3. The highest BCUT2D eigenvalue weighted by Crippen LogP contribution is 2.44. The van der Waals surface area contributed by atoms with Gasteiger partial charge in [0, 0.05) is 18.0 Å². The summed E-state index contributed by atoms with van der Waals surface area (Å²) < 4.78 is 37.4. The van der Waals surface area contributed by atoms with Gasteiger partial charge in [0.1, 0.15) is 0 Å². The molecule has 0 bridgehead atoms. The Kier molecular flexibility index (Phi) is 4.60. The van der Waals surface area contributed by atoms with Crippen LogP contribution in [0.2, 0.25) is 0 Å². The van der Waals surface area contributed by atoms with Gasteiger partial charge in [-0.25, -0.2) is 0 Å². The summed E-state index contributed by atoms with van der Waals surface area (Å²) in [6, 6.07) is 4.68. The van der Waals surface area contributed by atoms with E-state index in [0.717, 1.165) is 25.0 Å². The molecule has 2 N–H and O–H groups in total. The molecule has 0 radical (unpaired) electrons. The lowest BCUT2D eigenvalue weighted by molar-refractivity contribution is -0.137. The van der Waals surface area contributed by atoms with Crippen LogP contribution in [-0.2, 0) is 11.0 Å². The molecule has 1 aliphatic carbocycles. The Morgan fingerprint density at radius 3 is 2.36 bits per heavy atom. The average Bonchev–Trinajstić information content (AvgIpc) is 3.25. The van der Waals surface area contributed by atoms with Gasteiger partial charge in [-0.1, -0.05) is 12.1 Å². The van der Waals surface area contributed by atoms with Gasteiger partial charge in [0.05, 0.1) is 12.2 Å². The van der Waals surface area contributed by atoms with Crippen molar-refractivity contribution in [3.8, 4) is 0 Å². The van der Waals surface area contributed by atoms with Gasteiger partial charge in [-0.3, -0.25) is 4.79 Å². The molecule has 1 aromatic rings. The van der Waals surface area contributed by atoms with Crippen LogP contribution in [0.1, 0.15) is 30.9 Å². The lowest BCUT2D eigenvalue weighted by Gasteiger charge is -2.12. The van der Waals surface area contributed by atoms with Crippen molar-refractivity contribution in [2.75, 3.05) is 13.2 Å². The minimum absolute atomic E-state index is 0.0505. The summed E-state index contributed by atoms with van der Waals surface area (Å²) in [6.45, 7) is 2.13. The van der Waals surface area contributed by atoms with E-state index in [1.54, 1.807) is 6.92 Å². The van der Waals surface area contributed by atoms with E-state index >= 15 is 0 Å². The highest BCUT2D eigenvalue weighted by Gasteiger charge is 2.41. The Hall–Kier alpha value is -1.82. The van der Waals surface area contributed by atoms with E-state index in [-0.39, 0.29) is 17.9 Å². The van der Waals surface area contributed by atoms with Crippen LogP contribution >= 0.6 is 0 Å². The van der Waals surface area contributed by atoms with Crippen LogP contribution in [0.4, 0.5) is 13.2 Å². The molecule has 1 saturated carbocycles. The number of benzene rings is 1. The maximum Gasteiger partial charge on any atom is 0.416 e. The zero-order chi connectivity index (χ0) is 16.4. The topological polar surface area (TPSA) is 49.3 Å². The van der Waals surface area contributed by atoms with E-state index in [2.05, 4.69) is 5.32 Å². The second-order valence-electron chi connectivity index (χ2n) is 5.78. The Balaban J connectivity index is 1.97. The number of amides is 1. The highest BCUT2D eigenvalue weighted by atomic mass is 19.4. The molecule has 22 heavy (non-hydrogen) atoms. The van der Waals surface area contributed by atoms with Crippen molar-refractivity contribution in [1.82, 2.24) is 5.32 Å². The molecule has 6 heteroatoms. The zero-order valence-electron chi connectivity index (χ0n) is 12.2. The smallest absolute Gasteiger partial charge is 0.396 e. The van der Waals surface area contributed by atoms with E-state index in [9.17, 15) is 18.0 Å². The van der Waals surface area contributed by atoms with Crippen LogP contribution in [0.3, 0.4) is 0 Å². The summed E-state index contributed by atoms with van der Waals surface area (Å²) >= 11 is 0. The van der Waals surface area contributed by atoms with Crippen molar-refractivity contribution in [2.45, 2.75) is 25.9 Å². The van der Waals surface area contributed by atoms with Gasteiger partial charge in [0.15, 0.2) is 0 Å². The Labute approximate surface area is 126 Å². The van der Waals surface area contributed by atoms with Crippen LogP contribution in [0, 0.1) is 5.41 Å². The Morgan fingerprint density at radius 2 is 1.91 bits per heavy atom. The van der Waals surface area contributed by atoms with E-state index in [1.807, 2.05) is 0 Å². The molecule has 0 atom stereocenters. The first-order valence-electron chi connectivity index (χ1n) is 7.00. The molecule has 1 aromatic carbocycles. The number of aliphatic hydroxyl groups is 1. The van der Waals surface area contributed by atoms with Gasteiger partial charge in [-0.05, 0) is 43.0 Å². The van der Waals surface area contributed by atoms with Gasteiger partial charge in [-0.2, -0.15) is 13.2 Å². The summed E-state index contributed by atoms with van der Waals surface area (Å²) in [4.78, 5) is 11.8. The van der Waals surface area contributed by atoms with Gasteiger partial charge >= 0.3 is 6.18 Å². The third kappa shape index (κ3) is 4.10. The Bertz CT molecular complexity index is 572. The fourth-order valence-corrected chi connectivity index (χ4v) is 2.10. The van der Waals surface area contributed by atoms with E-state index in [1.165, 1.54) is 18.2 Å². The standard InChI is InChI=1S/C16H18F3NO2/c1-11(8-14(22)20-9-15(10-21)6-7-15)12-2-4-13(5-3-12)16(17,18)19/h2-5,8,21H,6-7,9-10H2,1H3,(H,20,22)/b11-8-. The molecule has 1 fully saturated rings. The minimum Gasteiger partial charge on any atom is -0.396 e. The number of hydrogen-bond donors (Lipinski definition) is 2. The normalized spacial score (nSPS) is 17.2. The molecule has 0 heterocycles. The molecular formula is C16H18F3NO2. The number of carbonyl (C=O) groups excluding carboxylic acids is 1. The maximum atomic E-state index is 12.5. The number of allylic oxidation sites excluding steroid dienone is 1. The predicted molar refractivity (Wildman–Crippen MR) is 76.9 cm³/mol. The zero-order valence-corrected chi connectivity index (χ0v) is 12.2. The van der Waals surface area contributed by atoms with Gasteiger partial charge in [0.2, 0.25) is 5.91 Å². The number of rotatable bonds is 5. The fourth-order valence-electron chi connectivity index (χ4n) is 2.10. The largest absolute Gasteiger partial charge is 0.416 e. The predicted octanol–water partition coefficient (Wildman–Crippen LogP) is 3.00. The van der Waals surface area contributed by atoms with Crippen molar-refractivity contribution in [3.05, 3.63) is 41.5 Å². The van der Waals surface area contributed by atoms with Crippen molar-refractivity contribution < 1.29 is 23.1 Å².